The Bertz CT molecular complexity index is 323. The van der Waals surface area contributed by atoms with Crippen molar-refractivity contribution >= 4 is 0 Å². The van der Waals surface area contributed by atoms with Gasteiger partial charge in [-0.2, -0.15) is 0 Å². The SMILES string of the molecule is C=C(Cc1cccc(OC)c1)[C@@H](N)F. The number of nitrogens with two attached hydrogens (primary N) is 1. The van der Waals surface area contributed by atoms with E-state index in [0.717, 1.165) is 11.3 Å². The molecule has 0 aliphatic rings. The van der Waals surface area contributed by atoms with Gasteiger partial charge in [-0.05, 0) is 29.7 Å². The lowest BCUT2D eigenvalue weighted by Crippen LogP contribution is -2.16. The largest absolute Gasteiger partial charge is 0.497 e. The van der Waals surface area contributed by atoms with Gasteiger partial charge in [-0.1, -0.05) is 18.7 Å². The normalized spacial score (nSPS) is 12.2. The fourth-order valence-corrected chi connectivity index (χ4v) is 1.14. The molecular formula is C11H14FNO. The molecule has 0 saturated heterocycles. The highest BCUT2D eigenvalue weighted by Crippen LogP contribution is 2.16. The van der Waals surface area contributed by atoms with Crippen molar-refractivity contribution in [3.8, 4) is 5.75 Å². The summed E-state index contributed by atoms with van der Waals surface area (Å²) in [5.74, 6) is 0.753. The van der Waals surface area contributed by atoms with Crippen LogP contribution in [0.15, 0.2) is 36.4 Å². The monoisotopic (exact) mass is 195 g/mol. The van der Waals surface area contributed by atoms with E-state index in [0.29, 0.717) is 12.0 Å². The van der Waals surface area contributed by atoms with Crippen LogP contribution in [-0.4, -0.2) is 13.4 Å². The third kappa shape index (κ3) is 2.85. The van der Waals surface area contributed by atoms with Crippen LogP contribution in [0.25, 0.3) is 0 Å². The predicted molar refractivity (Wildman–Crippen MR) is 54.9 cm³/mol. The van der Waals surface area contributed by atoms with Crippen molar-refractivity contribution in [3.05, 3.63) is 42.0 Å². The number of halogens is 1. The minimum atomic E-state index is -1.46. The molecule has 0 saturated carbocycles. The maximum atomic E-state index is 12.6. The van der Waals surface area contributed by atoms with Gasteiger partial charge in [0.2, 0.25) is 0 Å². The number of ether oxygens (including phenoxy) is 1. The first-order valence-electron chi connectivity index (χ1n) is 4.33. The van der Waals surface area contributed by atoms with Crippen molar-refractivity contribution in [3.63, 3.8) is 0 Å². The zero-order valence-corrected chi connectivity index (χ0v) is 8.16. The van der Waals surface area contributed by atoms with Gasteiger partial charge in [-0.25, -0.2) is 4.39 Å². The molecule has 1 aromatic rings. The molecule has 0 unspecified atom stereocenters. The summed E-state index contributed by atoms with van der Waals surface area (Å²) in [6.45, 7) is 3.56. The average Bonchev–Trinajstić information content (AvgIpc) is 2.18. The Kier molecular flexibility index (Phi) is 3.65. The first-order valence-corrected chi connectivity index (χ1v) is 4.33. The Morgan fingerprint density at radius 2 is 2.36 bits per heavy atom. The first-order chi connectivity index (χ1) is 6.63. The number of methoxy groups -OCH3 is 1. The summed E-state index contributed by atoms with van der Waals surface area (Å²) in [6.07, 6.45) is -1.02. The molecule has 1 aromatic carbocycles. The van der Waals surface area contributed by atoms with Gasteiger partial charge in [-0.15, -0.1) is 0 Å². The fraction of sp³-hybridized carbons (Fsp3) is 0.273. The zero-order valence-electron chi connectivity index (χ0n) is 8.16. The van der Waals surface area contributed by atoms with Gasteiger partial charge >= 0.3 is 0 Å². The standard InChI is InChI=1S/C11H14FNO/c1-8(11(12)13)6-9-4-3-5-10(7-9)14-2/h3-5,7,11H,1,6,13H2,2H3/t11-/m1/s1. The molecule has 0 fully saturated rings. The summed E-state index contributed by atoms with van der Waals surface area (Å²) >= 11 is 0. The van der Waals surface area contributed by atoms with Crippen LogP contribution in [0.1, 0.15) is 5.56 Å². The molecule has 3 heteroatoms. The van der Waals surface area contributed by atoms with E-state index in [9.17, 15) is 4.39 Å². The molecule has 0 heterocycles. The molecule has 2 N–H and O–H groups in total. The van der Waals surface area contributed by atoms with Crippen LogP contribution in [0, 0.1) is 0 Å². The molecule has 0 amide bonds. The average molecular weight is 195 g/mol. The molecule has 2 nitrogen and oxygen atoms in total. The number of hydrogen-bond donors (Lipinski definition) is 1. The highest BCUT2D eigenvalue weighted by atomic mass is 19.1. The molecule has 0 spiro atoms. The summed E-state index contributed by atoms with van der Waals surface area (Å²) in [5, 5.41) is 0. The molecule has 0 aromatic heterocycles. The second-order valence-corrected chi connectivity index (χ2v) is 3.09. The van der Waals surface area contributed by atoms with Gasteiger partial charge in [0.1, 0.15) is 5.75 Å². The molecule has 0 radical (unpaired) electrons. The molecular weight excluding hydrogens is 181 g/mol. The van der Waals surface area contributed by atoms with Crippen molar-refractivity contribution in [2.45, 2.75) is 12.7 Å². The van der Waals surface area contributed by atoms with E-state index in [-0.39, 0.29) is 0 Å². The molecule has 1 atom stereocenters. The Morgan fingerprint density at radius 3 is 2.93 bits per heavy atom. The Morgan fingerprint density at radius 1 is 1.64 bits per heavy atom. The van der Waals surface area contributed by atoms with Gasteiger partial charge in [0.15, 0.2) is 6.30 Å². The quantitative estimate of drug-likeness (QED) is 0.589. The van der Waals surface area contributed by atoms with Crippen LogP contribution in [-0.2, 0) is 6.42 Å². The van der Waals surface area contributed by atoms with Crippen molar-refractivity contribution < 1.29 is 9.13 Å². The van der Waals surface area contributed by atoms with Crippen molar-refractivity contribution in [2.24, 2.45) is 5.73 Å². The van der Waals surface area contributed by atoms with E-state index in [4.69, 9.17) is 10.5 Å². The van der Waals surface area contributed by atoms with Gasteiger partial charge in [0.05, 0.1) is 7.11 Å². The van der Waals surface area contributed by atoms with E-state index in [1.54, 1.807) is 7.11 Å². The maximum absolute atomic E-state index is 12.6. The Labute approximate surface area is 83.2 Å². The zero-order chi connectivity index (χ0) is 10.6. The lowest BCUT2D eigenvalue weighted by molar-refractivity contribution is 0.388. The highest BCUT2D eigenvalue weighted by molar-refractivity contribution is 5.31. The minimum absolute atomic E-state index is 0.373. The molecule has 14 heavy (non-hydrogen) atoms. The lowest BCUT2D eigenvalue weighted by atomic mass is 10.1. The second-order valence-electron chi connectivity index (χ2n) is 3.09. The third-order valence-electron chi connectivity index (χ3n) is 1.96. The van der Waals surface area contributed by atoms with Gasteiger partial charge < -0.3 is 4.74 Å². The Hall–Kier alpha value is -1.35. The summed E-state index contributed by atoms with van der Waals surface area (Å²) in [4.78, 5) is 0. The number of rotatable bonds is 4. The summed E-state index contributed by atoms with van der Waals surface area (Å²) in [5.41, 5.74) is 6.38. The number of hydrogen-bond acceptors (Lipinski definition) is 2. The van der Waals surface area contributed by atoms with Crippen molar-refractivity contribution in [1.29, 1.82) is 0 Å². The summed E-state index contributed by atoms with van der Waals surface area (Å²) in [6, 6.07) is 7.41. The summed E-state index contributed by atoms with van der Waals surface area (Å²) in [7, 11) is 1.59. The summed E-state index contributed by atoms with van der Waals surface area (Å²) < 4.78 is 17.7. The van der Waals surface area contributed by atoms with Crippen LogP contribution in [0.4, 0.5) is 4.39 Å². The van der Waals surface area contributed by atoms with Gasteiger partial charge in [0.25, 0.3) is 0 Å². The van der Waals surface area contributed by atoms with E-state index < -0.39 is 6.30 Å². The molecule has 0 aliphatic carbocycles. The topological polar surface area (TPSA) is 35.2 Å². The minimum Gasteiger partial charge on any atom is -0.497 e. The predicted octanol–water partition coefficient (Wildman–Crippen LogP) is 2.05. The fourth-order valence-electron chi connectivity index (χ4n) is 1.14. The first kappa shape index (κ1) is 10.7. The highest BCUT2D eigenvalue weighted by Gasteiger charge is 2.05. The van der Waals surface area contributed by atoms with E-state index in [1.807, 2.05) is 24.3 Å². The van der Waals surface area contributed by atoms with Gasteiger partial charge in [-0.3, -0.25) is 5.73 Å². The lowest BCUT2D eigenvalue weighted by Gasteiger charge is -2.07. The molecule has 1 rings (SSSR count). The van der Waals surface area contributed by atoms with Crippen LogP contribution >= 0.6 is 0 Å². The van der Waals surface area contributed by atoms with Crippen LogP contribution < -0.4 is 10.5 Å². The van der Waals surface area contributed by atoms with Crippen molar-refractivity contribution in [1.82, 2.24) is 0 Å². The smallest absolute Gasteiger partial charge is 0.170 e. The Balaban J connectivity index is 2.72. The number of benzene rings is 1. The second kappa shape index (κ2) is 4.77. The number of alkyl halides is 1. The van der Waals surface area contributed by atoms with Gasteiger partial charge in [0, 0.05) is 0 Å². The van der Waals surface area contributed by atoms with E-state index in [1.165, 1.54) is 0 Å². The van der Waals surface area contributed by atoms with E-state index in [2.05, 4.69) is 6.58 Å². The maximum Gasteiger partial charge on any atom is 0.170 e. The molecule has 76 valence electrons. The third-order valence-corrected chi connectivity index (χ3v) is 1.96. The molecule has 0 bridgehead atoms. The van der Waals surface area contributed by atoms with Crippen LogP contribution in [0.3, 0.4) is 0 Å². The van der Waals surface area contributed by atoms with Crippen LogP contribution in [0.5, 0.6) is 5.75 Å². The van der Waals surface area contributed by atoms with Crippen LogP contribution in [0.2, 0.25) is 0 Å². The molecule has 0 aliphatic heterocycles. The van der Waals surface area contributed by atoms with Crippen molar-refractivity contribution in [2.75, 3.05) is 7.11 Å². The van der Waals surface area contributed by atoms with E-state index >= 15 is 0 Å².